The molecule has 1 aliphatic carbocycles. The maximum Gasteiger partial charge on any atom is 0.317 e. The predicted molar refractivity (Wildman–Crippen MR) is 102 cm³/mol. The number of carbonyl (C=O) groups is 1. The molecule has 1 N–H and O–H groups in total. The van der Waals surface area contributed by atoms with Crippen LogP contribution in [0.15, 0.2) is 18.7 Å². The quantitative estimate of drug-likeness (QED) is 0.900. The molecule has 0 radical (unpaired) electrons. The van der Waals surface area contributed by atoms with E-state index in [0.29, 0.717) is 12.5 Å². The monoisotopic (exact) mass is 368 g/mol. The van der Waals surface area contributed by atoms with Gasteiger partial charge in [-0.2, -0.15) is 0 Å². The normalized spacial score (nSPS) is 19.6. The molecule has 7 nitrogen and oxygen atoms in total. The summed E-state index contributed by atoms with van der Waals surface area (Å²) in [4.78, 5) is 28.0. The number of nitrogens with zero attached hydrogens (tertiary/aromatic N) is 5. The van der Waals surface area contributed by atoms with Crippen molar-refractivity contribution in [1.82, 2.24) is 29.7 Å². The zero-order chi connectivity index (χ0) is 18.6. The summed E-state index contributed by atoms with van der Waals surface area (Å²) >= 11 is 0. The Morgan fingerprint density at radius 3 is 3.00 bits per heavy atom. The minimum absolute atomic E-state index is 0.00990. The number of aryl methyl sites for hydroxylation is 2. The molecule has 2 aromatic heterocycles. The minimum Gasteiger partial charge on any atom is -0.337 e. The summed E-state index contributed by atoms with van der Waals surface area (Å²) in [6.45, 7) is 4.97. The number of piperidine rings is 1. The number of aromatic nitrogens is 4. The third-order valence-corrected chi connectivity index (χ3v) is 5.67. The van der Waals surface area contributed by atoms with Gasteiger partial charge < -0.3 is 14.8 Å². The molecule has 2 aliphatic rings. The van der Waals surface area contributed by atoms with Gasteiger partial charge in [-0.05, 0) is 56.9 Å². The van der Waals surface area contributed by atoms with Crippen LogP contribution < -0.4 is 5.32 Å². The molecule has 1 aliphatic heterocycles. The highest BCUT2D eigenvalue weighted by atomic mass is 16.2. The fourth-order valence-corrected chi connectivity index (χ4v) is 4.28. The summed E-state index contributed by atoms with van der Waals surface area (Å²) in [5, 5.41) is 3.02. The molecule has 0 unspecified atom stereocenters. The molecule has 27 heavy (non-hydrogen) atoms. The summed E-state index contributed by atoms with van der Waals surface area (Å²) in [6.07, 6.45) is 12.3. The van der Waals surface area contributed by atoms with Crippen molar-refractivity contribution in [3.8, 4) is 0 Å². The first kappa shape index (κ1) is 17.9. The zero-order valence-corrected chi connectivity index (χ0v) is 16.0. The van der Waals surface area contributed by atoms with E-state index in [1.807, 2.05) is 17.4 Å². The molecule has 1 atom stereocenters. The van der Waals surface area contributed by atoms with Gasteiger partial charge in [0.2, 0.25) is 0 Å². The van der Waals surface area contributed by atoms with Crippen molar-refractivity contribution in [2.24, 2.45) is 5.92 Å². The molecule has 3 heterocycles. The summed E-state index contributed by atoms with van der Waals surface area (Å²) < 4.78 is 2.09. The number of imidazole rings is 1. The van der Waals surface area contributed by atoms with Crippen LogP contribution in [0.2, 0.25) is 0 Å². The van der Waals surface area contributed by atoms with E-state index in [0.717, 1.165) is 56.8 Å². The van der Waals surface area contributed by atoms with Crippen molar-refractivity contribution in [3.63, 3.8) is 0 Å². The van der Waals surface area contributed by atoms with Crippen molar-refractivity contribution in [2.75, 3.05) is 13.1 Å². The highest BCUT2D eigenvalue weighted by Gasteiger charge is 2.24. The highest BCUT2D eigenvalue weighted by Crippen LogP contribution is 2.22. The van der Waals surface area contributed by atoms with Gasteiger partial charge in [0, 0.05) is 43.4 Å². The van der Waals surface area contributed by atoms with Gasteiger partial charge in [-0.25, -0.2) is 19.7 Å². The minimum atomic E-state index is -0.00990. The van der Waals surface area contributed by atoms with Crippen molar-refractivity contribution < 1.29 is 4.79 Å². The third kappa shape index (κ3) is 4.28. The largest absolute Gasteiger partial charge is 0.337 e. The topological polar surface area (TPSA) is 75.9 Å². The van der Waals surface area contributed by atoms with Crippen LogP contribution in [0.25, 0.3) is 0 Å². The highest BCUT2D eigenvalue weighted by molar-refractivity contribution is 5.74. The van der Waals surface area contributed by atoms with E-state index in [4.69, 9.17) is 4.98 Å². The summed E-state index contributed by atoms with van der Waals surface area (Å²) in [5.41, 5.74) is 3.56. The molecule has 0 spiro atoms. The number of carbonyl (C=O) groups excluding carboxylic acids is 1. The summed E-state index contributed by atoms with van der Waals surface area (Å²) in [7, 11) is 0. The molecule has 0 bridgehead atoms. The van der Waals surface area contributed by atoms with Crippen molar-refractivity contribution in [3.05, 3.63) is 41.5 Å². The standard InChI is InChI=1S/C20H28N6O/c1-15-17-6-2-3-7-18(17)24-19(23-15)11-22-20(27)26-9-4-5-16(13-26)12-25-10-8-21-14-25/h8,10,14,16H,2-7,9,11-13H2,1H3,(H,22,27)/t16-/m0/s1. The van der Waals surface area contributed by atoms with E-state index < -0.39 is 0 Å². The maximum atomic E-state index is 12.6. The molecule has 4 rings (SSSR count). The predicted octanol–water partition coefficient (Wildman–Crippen LogP) is 2.48. The van der Waals surface area contributed by atoms with Crippen molar-refractivity contribution >= 4 is 6.03 Å². The molecule has 0 saturated carbocycles. The molecular weight excluding hydrogens is 340 g/mol. The van der Waals surface area contributed by atoms with Crippen LogP contribution in [0.1, 0.15) is 48.5 Å². The Labute approximate surface area is 160 Å². The second-order valence-electron chi connectivity index (χ2n) is 7.73. The molecule has 2 amide bonds. The fraction of sp³-hybridized carbons (Fsp3) is 0.600. The van der Waals surface area contributed by atoms with Crippen LogP contribution >= 0.6 is 0 Å². The van der Waals surface area contributed by atoms with Crippen LogP contribution in [-0.2, 0) is 25.9 Å². The second-order valence-corrected chi connectivity index (χ2v) is 7.73. The number of likely N-dealkylation sites (tertiary alicyclic amines) is 1. The molecule has 0 aromatic carbocycles. The molecule has 1 saturated heterocycles. The van der Waals surface area contributed by atoms with Crippen LogP contribution in [0.5, 0.6) is 0 Å². The first-order valence-corrected chi connectivity index (χ1v) is 10.0. The Hall–Kier alpha value is -2.44. The van der Waals surface area contributed by atoms with E-state index in [1.54, 1.807) is 6.20 Å². The van der Waals surface area contributed by atoms with Gasteiger partial charge in [-0.3, -0.25) is 0 Å². The Balaban J connectivity index is 1.33. The van der Waals surface area contributed by atoms with Gasteiger partial charge in [-0.1, -0.05) is 0 Å². The van der Waals surface area contributed by atoms with Crippen LogP contribution in [-0.4, -0.2) is 43.5 Å². The van der Waals surface area contributed by atoms with Crippen molar-refractivity contribution in [1.29, 1.82) is 0 Å². The van der Waals surface area contributed by atoms with Crippen LogP contribution in [0.4, 0.5) is 4.79 Å². The molecule has 2 aromatic rings. The number of amides is 2. The lowest BCUT2D eigenvalue weighted by atomic mass is 9.95. The van der Waals surface area contributed by atoms with E-state index in [2.05, 4.69) is 26.8 Å². The van der Waals surface area contributed by atoms with Crippen LogP contribution in [0.3, 0.4) is 0 Å². The number of rotatable bonds is 4. The number of fused-ring (bicyclic) bond motifs is 1. The summed E-state index contributed by atoms with van der Waals surface area (Å²) in [5.74, 6) is 1.20. The van der Waals surface area contributed by atoms with Crippen molar-refractivity contribution in [2.45, 2.75) is 58.5 Å². The smallest absolute Gasteiger partial charge is 0.317 e. The number of hydrogen-bond donors (Lipinski definition) is 1. The van der Waals surface area contributed by atoms with Gasteiger partial charge in [0.1, 0.15) is 5.82 Å². The number of nitrogens with one attached hydrogen (secondary N) is 1. The molecular formula is C20H28N6O. The van der Waals surface area contributed by atoms with Gasteiger partial charge in [0.15, 0.2) is 0 Å². The van der Waals surface area contributed by atoms with E-state index in [1.165, 1.54) is 24.1 Å². The van der Waals surface area contributed by atoms with Gasteiger partial charge >= 0.3 is 6.03 Å². The van der Waals surface area contributed by atoms with E-state index in [9.17, 15) is 4.79 Å². The van der Waals surface area contributed by atoms with Gasteiger partial charge in [-0.15, -0.1) is 0 Å². The lowest BCUT2D eigenvalue weighted by Gasteiger charge is -2.32. The second kappa shape index (κ2) is 8.06. The first-order chi connectivity index (χ1) is 13.2. The van der Waals surface area contributed by atoms with E-state index >= 15 is 0 Å². The lowest BCUT2D eigenvalue weighted by Crippen LogP contribution is -2.46. The Morgan fingerprint density at radius 1 is 1.26 bits per heavy atom. The SMILES string of the molecule is Cc1nc(CNC(=O)N2CCC[C@@H](Cn3ccnc3)C2)nc2c1CCCC2. The van der Waals surface area contributed by atoms with Gasteiger partial charge in [0.25, 0.3) is 0 Å². The first-order valence-electron chi connectivity index (χ1n) is 10.0. The maximum absolute atomic E-state index is 12.6. The fourth-order valence-electron chi connectivity index (χ4n) is 4.28. The lowest BCUT2D eigenvalue weighted by molar-refractivity contribution is 0.158. The Kier molecular flexibility index (Phi) is 5.36. The third-order valence-electron chi connectivity index (χ3n) is 5.67. The number of urea groups is 1. The van der Waals surface area contributed by atoms with E-state index in [-0.39, 0.29) is 6.03 Å². The molecule has 1 fully saturated rings. The van der Waals surface area contributed by atoms with Gasteiger partial charge in [0.05, 0.1) is 12.9 Å². The molecule has 7 heteroatoms. The average molecular weight is 368 g/mol. The zero-order valence-electron chi connectivity index (χ0n) is 16.0. The molecule has 144 valence electrons. The Morgan fingerprint density at radius 2 is 2.15 bits per heavy atom. The number of hydrogen-bond acceptors (Lipinski definition) is 4. The summed E-state index contributed by atoms with van der Waals surface area (Å²) in [6, 6.07) is -0.00990. The Bertz CT molecular complexity index is 788. The average Bonchev–Trinajstić information content (AvgIpc) is 3.19. The van der Waals surface area contributed by atoms with Crippen LogP contribution in [0, 0.1) is 12.8 Å².